The first-order valence-electron chi connectivity index (χ1n) is 9.73. The quantitative estimate of drug-likeness (QED) is 0.498. The molecule has 0 fully saturated rings. The van der Waals surface area contributed by atoms with E-state index in [0.717, 1.165) is 20.9 Å². The summed E-state index contributed by atoms with van der Waals surface area (Å²) in [4.78, 5) is 29.1. The van der Waals surface area contributed by atoms with Gasteiger partial charge in [-0.25, -0.2) is 9.18 Å². The number of anilines is 1. The van der Waals surface area contributed by atoms with Gasteiger partial charge < -0.3 is 0 Å². The minimum atomic E-state index is -0.577. The summed E-state index contributed by atoms with van der Waals surface area (Å²) in [5, 5.41) is 0.0275. The van der Waals surface area contributed by atoms with Crippen LogP contribution in [0.1, 0.15) is 16.7 Å². The molecule has 0 radical (unpaired) electrons. The summed E-state index contributed by atoms with van der Waals surface area (Å²) in [5.74, 6) is -0.823. The van der Waals surface area contributed by atoms with Crippen molar-refractivity contribution in [2.24, 2.45) is 0 Å². The highest BCUT2D eigenvalue weighted by Gasteiger charge is 2.53. The number of benzene rings is 3. The van der Waals surface area contributed by atoms with Crippen molar-refractivity contribution in [2.75, 3.05) is 4.90 Å². The number of urea groups is 1. The van der Waals surface area contributed by atoms with E-state index in [-0.39, 0.29) is 18.1 Å². The Morgan fingerprint density at radius 2 is 1.81 bits per heavy atom. The normalized spacial score (nSPS) is 17.8. The molecule has 0 spiro atoms. The Hall–Kier alpha value is -2.96. The Morgan fingerprint density at radius 1 is 1.06 bits per heavy atom. The second-order valence-corrected chi connectivity index (χ2v) is 9.06. The number of aryl methyl sites for hydroxylation is 1. The van der Waals surface area contributed by atoms with Crippen molar-refractivity contribution in [1.29, 1.82) is 0 Å². The highest BCUT2D eigenvalue weighted by atomic mass is 35.5. The second-order valence-electron chi connectivity index (χ2n) is 7.48. The van der Waals surface area contributed by atoms with Crippen LogP contribution in [0.3, 0.4) is 0 Å². The van der Waals surface area contributed by atoms with E-state index in [2.05, 4.69) is 0 Å². The third-order valence-electron chi connectivity index (χ3n) is 5.48. The third kappa shape index (κ3) is 3.36. The fourth-order valence-corrected chi connectivity index (χ4v) is 5.29. The second kappa shape index (κ2) is 7.62. The van der Waals surface area contributed by atoms with Gasteiger partial charge in [0.05, 0.1) is 0 Å². The number of carbonyl (C=O) groups is 2. The number of nitrogens with zero attached hydrogens (tertiary/aromatic N) is 2. The summed E-state index contributed by atoms with van der Waals surface area (Å²) in [6, 6.07) is 18.8. The van der Waals surface area contributed by atoms with Crippen LogP contribution in [0, 0.1) is 12.7 Å². The van der Waals surface area contributed by atoms with Crippen molar-refractivity contribution in [2.45, 2.75) is 23.6 Å². The molecular weight excluding hydrogens is 435 g/mol. The Balaban J connectivity index is 1.67. The van der Waals surface area contributed by atoms with Gasteiger partial charge in [0.1, 0.15) is 23.8 Å². The van der Waals surface area contributed by atoms with Gasteiger partial charge in [-0.15, -0.1) is 16.7 Å². The number of thioether (sulfide) groups is 1. The lowest BCUT2D eigenvalue weighted by Gasteiger charge is -2.24. The molecule has 3 amide bonds. The number of hydrogen-bond acceptors (Lipinski definition) is 3. The first-order valence-corrected chi connectivity index (χ1v) is 11.0. The van der Waals surface area contributed by atoms with Gasteiger partial charge in [0.15, 0.2) is 5.25 Å². The van der Waals surface area contributed by atoms with Crippen LogP contribution >= 0.6 is 23.4 Å². The topological polar surface area (TPSA) is 40.4 Å². The van der Waals surface area contributed by atoms with E-state index in [4.69, 9.17) is 11.6 Å². The average Bonchev–Trinajstić information content (AvgIpc) is 3.15. The zero-order chi connectivity index (χ0) is 21.7. The lowest BCUT2D eigenvalue weighted by molar-refractivity contribution is -0.444. The maximum Gasteiger partial charge on any atom is 0.506 e. The van der Waals surface area contributed by atoms with Crippen LogP contribution in [0.5, 0.6) is 0 Å². The van der Waals surface area contributed by atoms with E-state index < -0.39 is 17.1 Å². The fraction of sp³-hybridized carbons (Fsp3) is 0.125. The van der Waals surface area contributed by atoms with E-state index in [9.17, 15) is 14.0 Å². The predicted octanol–water partition coefficient (Wildman–Crippen LogP) is 5.43. The summed E-state index contributed by atoms with van der Waals surface area (Å²) in [7, 11) is 0. The molecule has 0 aliphatic carbocycles. The Labute approximate surface area is 188 Å². The number of carbonyl (C=O) groups excluding carboxylic acids is 2. The minimum Gasteiger partial charge on any atom is -0.244 e. The molecule has 31 heavy (non-hydrogen) atoms. The van der Waals surface area contributed by atoms with Gasteiger partial charge in [-0.05, 0) is 48.4 Å². The lowest BCUT2D eigenvalue weighted by atomic mass is 10.0. The summed E-state index contributed by atoms with van der Waals surface area (Å²) in [5.41, 5.74) is 3.11. The third-order valence-corrected chi connectivity index (χ3v) is 7.00. The number of halogens is 2. The average molecular weight is 452 g/mol. The molecule has 0 saturated carbocycles. The van der Waals surface area contributed by atoms with Crippen molar-refractivity contribution in [3.8, 4) is 0 Å². The van der Waals surface area contributed by atoms with E-state index in [1.165, 1.54) is 17.8 Å². The highest BCUT2D eigenvalue weighted by molar-refractivity contribution is 8.02. The van der Waals surface area contributed by atoms with E-state index in [1.54, 1.807) is 35.8 Å². The van der Waals surface area contributed by atoms with Gasteiger partial charge in [-0.2, -0.15) is 9.37 Å². The van der Waals surface area contributed by atoms with Crippen LogP contribution in [0.25, 0.3) is 0 Å². The lowest BCUT2D eigenvalue weighted by Crippen LogP contribution is -2.55. The van der Waals surface area contributed by atoms with Crippen LogP contribution in [0.2, 0.25) is 5.02 Å². The van der Waals surface area contributed by atoms with Crippen molar-refractivity contribution in [3.63, 3.8) is 0 Å². The molecule has 5 rings (SSSR count). The number of amides is 3. The maximum absolute atomic E-state index is 14.3. The zero-order valence-electron chi connectivity index (χ0n) is 16.5. The van der Waals surface area contributed by atoms with Crippen LogP contribution in [0.15, 0.2) is 71.6 Å². The van der Waals surface area contributed by atoms with Gasteiger partial charge >= 0.3 is 11.9 Å². The largest absolute Gasteiger partial charge is 0.506 e. The van der Waals surface area contributed by atoms with Crippen molar-refractivity contribution in [1.82, 2.24) is 0 Å². The molecule has 4 nitrogen and oxygen atoms in total. The van der Waals surface area contributed by atoms with Crippen LogP contribution in [-0.4, -0.2) is 27.5 Å². The number of hydrogen-bond donors (Lipinski definition) is 0. The fourth-order valence-electron chi connectivity index (χ4n) is 3.88. The molecule has 0 N–H and O–H groups in total. The minimum absolute atomic E-state index is 0.231. The molecule has 1 atom stereocenters. The van der Waals surface area contributed by atoms with Gasteiger partial charge in [0, 0.05) is 21.5 Å². The standard InChI is InChI=1S/C24H17ClFN2O2S/c1-14-6-11-17(12-19(14)26)28-23(29)22-21(18-4-2-3-5-20(18)31-22)27(24(28)30)13-15-7-9-16(25)10-8-15/h2-12,22H,13H2,1H3/q+1. The molecule has 0 saturated heterocycles. The molecule has 2 aliphatic heterocycles. The van der Waals surface area contributed by atoms with E-state index in [0.29, 0.717) is 16.3 Å². The van der Waals surface area contributed by atoms with E-state index >= 15 is 0 Å². The summed E-state index contributed by atoms with van der Waals surface area (Å²) in [6.07, 6.45) is 0. The Kier molecular flexibility index (Phi) is 4.91. The van der Waals surface area contributed by atoms with Gasteiger partial charge in [0.2, 0.25) is 0 Å². The SMILES string of the molecule is Cc1ccc(N2C(=O)C3Sc4ccccc4C3=[N+](Cc3ccc(Cl)cc3)C2=O)cc1F. The molecule has 0 aromatic heterocycles. The first kappa shape index (κ1) is 20.0. The maximum atomic E-state index is 14.3. The smallest absolute Gasteiger partial charge is 0.244 e. The molecule has 3 aromatic carbocycles. The summed E-state index contributed by atoms with van der Waals surface area (Å²) in [6.45, 7) is 1.91. The predicted molar refractivity (Wildman–Crippen MR) is 120 cm³/mol. The Bertz CT molecular complexity index is 1270. The molecular formula is C24H17ClFN2O2S+. The monoisotopic (exact) mass is 451 g/mol. The number of rotatable bonds is 3. The molecule has 154 valence electrons. The molecule has 3 aromatic rings. The van der Waals surface area contributed by atoms with Crippen molar-refractivity contribution >= 4 is 46.7 Å². The van der Waals surface area contributed by atoms with Crippen LogP contribution in [-0.2, 0) is 11.3 Å². The molecule has 2 aliphatic rings. The van der Waals surface area contributed by atoms with Gasteiger partial charge in [0.25, 0.3) is 0 Å². The number of imide groups is 1. The molecule has 7 heteroatoms. The Morgan fingerprint density at radius 3 is 2.55 bits per heavy atom. The van der Waals surface area contributed by atoms with Crippen LogP contribution in [0.4, 0.5) is 14.9 Å². The summed E-state index contributed by atoms with van der Waals surface area (Å²) >= 11 is 7.43. The van der Waals surface area contributed by atoms with Gasteiger partial charge in [-0.3, -0.25) is 0 Å². The zero-order valence-corrected chi connectivity index (χ0v) is 18.1. The van der Waals surface area contributed by atoms with Crippen molar-refractivity contribution < 1.29 is 18.6 Å². The molecule has 2 heterocycles. The number of fused-ring (bicyclic) bond motifs is 3. The van der Waals surface area contributed by atoms with Crippen LogP contribution < -0.4 is 4.90 Å². The molecule has 0 bridgehead atoms. The van der Waals surface area contributed by atoms with Gasteiger partial charge in [-0.1, -0.05) is 41.9 Å². The molecule has 1 unspecified atom stereocenters. The van der Waals surface area contributed by atoms with E-state index in [1.807, 2.05) is 36.4 Å². The highest BCUT2D eigenvalue weighted by Crippen LogP contribution is 2.41. The first-order chi connectivity index (χ1) is 14.9. The summed E-state index contributed by atoms with van der Waals surface area (Å²) < 4.78 is 15.9. The van der Waals surface area contributed by atoms with Crippen molar-refractivity contribution in [3.05, 3.63) is 94.3 Å².